The molecule has 0 amide bonds. The predicted octanol–water partition coefficient (Wildman–Crippen LogP) is 0.676. The second-order valence-corrected chi connectivity index (χ2v) is 2.49. The highest BCUT2D eigenvalue weighted by molar-refractivity contribution is 5.40. The molecule has 6 heteroatoms. The maximum absolute atomic E-state index is 12.4. The summed E-state index contributed by atoms with van der Waals surface area (Å²) in [6.07, 6.45) is -2.04. The molecule has 1 aromatic heterocycles. The molecule has 0 radical (unpaired) electrons. The van der Waals surface area contributed by atoms with Crippen LogP contribution in [-0.2, 0) is 6.61 Å². The average Bonchev–Trinajstić information content (AvgIpc) is 2.17. The lowest BCUT2D eigenvalue weighted by atomic mass is 10.1. The third kappa shape index (κ3) is 1.63. The highest BCUT2D eigenvalue weighted by Gasteiger charge is 2.19. The molecule has 0 aromatic carbocycles. The van der Waals surface area contributed by atoms with Crippen LogP contribution in [0.1, 0.15) is 23.1 Å². The van der Waals surface area contributed by atoms with Crippen molar-refractivity contribution in [2.45, 2.75) is 13.0 Å². The quantitative estimate of drug-likeness (QED) is 0.736. The van der Waals surface area contributed by atoms with Crippen LogP contribution in [0.15, 0.2) is 11.0 Å². The van der Waals surface area contributed by atoms with Crippen LogP contribution in [0, 0.1) is 11.3 Å². The number of aromatic amines is 1. The van der Waals surface area contributed by atoms with E-state index in [-0.39, 0.29) is 5.56 Å². The number of nitrogens with one attached hydrogen (secondary N) is 1. The number of H-pyrrole nitrogens is 1. The Morgan fingerprint density at radius 3 is 2.71 bits per heavy atom. The van der Waals surface area contributed by atoms with Crippen molar-refractivity contribution in [3.63, 3.8) is 0 Å². The smallest absolute Gasteiger partial charge is 0.265 e. The van der Waals surface area contributed by atoms with Gasteiger partial charge in [0.05, 0.1) is 17.7 Å². The molecule has 1 heterocycles. The zero-order valence-corrected chi connectivity index (χ0v) is 6.92. The summed E-state index contributed by atoms with van der Waals surface area (Å²) in [5.74, 6) is 0. The first-order valence-corrected chi connectivity index (χ1v) is 3.65. The minimum absolute atomic E-state index is 0.330. The number of alkyl halides is 2. The number of aromatic nitrogens is 1. The van der Waals surface area contributed by atoms with Gasteiger partial charge in [0.15, 0.2) is 0 Å². The maximum Gasteiger partial charge on any atom is 0.265 e. The predicted molar refractivity (Wildman–Crippen MR) is 42.7 cm³/mol. The normalized spacial score (nSPS) is 10.2. The van der Waals surface area contributed by atoms with Gasteiger partial charge in [0, 0.05) is 11.8 Å². The van der Waals surface area contributed by atoms with Gasteiger partial charge in [-0.25, -0.2) is 8.78 Å². The van der Waals surface area contributed by atoms with Gasteiger partial charge in [-0.15, -0.1) is 0 Å². The highest BCUT2D eigenvalue weighted by Crippen LogP contribution is 2.23. The Bertz CT molecular complexity index is 434. The van der Waals surface area contributed by atoms with Gasteiger partial charge in [-0.2, -0.15) is 5.26 Å². The summed E-state index contributed by atoms with van der Waals surface area (Å²) in [5, 5.41) is 17.2. The molecule has 1 aromatic rings. The fourth-order valence-electron chi connectivity index (χ4n) is 1.09. The number of rotatable bonds is 2. The van der Waals surface area contributed by atoms with Crippen molar-refractivity contribution < 1.29 is 13.9 Å². The van der Waals surface area contributed by atoms with E-state index in [1.807, 2.05) is 0 Å². The lowest BCUT2D eigenvalue weighted by Crippen LogP contribution is -2.17. The zero-order valence-electron chi connectivity index (χ0n) is 6.92. The highest BCUT2D eigenvalue weighted by atomic mass is 19.3. The molecule has 2 N–H and O–H groups in total. The van der Waals surface area contributed by atoms with E-state index in [1.165, 1.54) is 6.07 Å². The first-order valence-electron chi connectivity index (χ1n) is 3.65. The molecule has 0 atom stereocenters. The van der Waals surface area contributed by atoms with Crippen LogP contribution in [0.25, 0.3) is 0 Å². The molecule has 0 spiro atoms. The summed E-state index contributed by atoms with van der Waals surface area (Å²) < 4.78 is 24.9. The van der Waals surface area contributed by atoms with E-state index in [1.54, 1.807) is 0 Å². The summed E-state index contributed by atoms with van der Waals surface area (Å²) >= 11 is 0. The van der Waals surface area contributed by atoms with E-state index < -0.39 is 29.7 Å². The zero-order chi connectivity index (χ0) is 10.7. The number of aliphatic hydroxyl groups is 1. The minimum atomic E-state index is -2.95. The Hall–Kier alpha value is -1.74. The first kappa shape index (κ1) is 10.3. The van der Waals surface area contributed by atoms with Crippen LogP contribution >= 0.6 is 0 Å². The number of aliphatic hydroxyl groups excluding tert-OH is 1. The van der Waals surface area contributed by atoms with E-state index >= 15 is 0 Å². The van der Waals surface area contributed by atoms with E-state index in [0.717, 1.165) is 6.20 Å². The number of hydrogen-bond acceptors (Lipinski definition) is 3. The minimum Gasteiger partial charge on any atom is -0.391 e. The van der Waals surface area contributed by atoms with E-state index in [9.17, 15) is 13.6 Å². The number of nitrogens with zero attached hydrogens (tertiary/aromatic N) is 1. The molecule has 0 unspecified atom stereocenters. The van der Waals surface area contributed by atoms with Gasteiger partial charge in [0.2, 0.25) is 0 Å². The van der Waals surface area contributed by atoms with Gasteiger partial charge >= 0.3 is 0 Å². The third-order valence-electron chi connectivity index (χ3n) is 1.73. The summed E-state index contributed by atoms with van der Waals surface area (Å²) in [4.78, 5) is 13.1. The van der Waals surface area contributed by atoms with Gasteiger partial charge in [-0.1, -0.05) is 0 Å². The molecule has 0 aliphatic rings. The molecule has 0 aliphatic carbocycles. The Kier molecular flexibility index (Phi) is 2.94. The second kappa shape index (κ2) is 3.98. The molecule has 0 saturated carbocycles. The Labute approximate surface area is 77.4 Å². The number of hydrogen-bond donors (Lipinski definition) is 2. The molecule has 74 valence electrons. The van der Waals surface area contributed by atoms with E-state index in [2.05, 4.69) is 4.98 Å². The van der Waals surface area contributed by atoms with E-state index in [4.69, 9.17) is 10.4 Å². The monoisotopic (exact) mass is 200 g/mol. The van der Waals surface area contributed by atoms with Crippen molar-refractivity contribution in [2.75, 3.05) is 0 Å². The first-order chi connectivity index (χ1) is 6.61. The van der Waals surface area contributed by atoms with Crippen molar-refractivity contribution in [2.24, 2.45) is 0 Å². The second-order valence-electron chi connectivity index (χ2n) is 2.49. The van der Waals surface area contributed by atoms with Gasteiger partial charge in [0.25, 0.3) is 12.0 Å². The standard InChI is InChI=1S/C8H6F2N2O2/c9-7(10)6-4(1-11)2-12-8(14)5(6)3-13/h2,7,13H,3H2,(H,12,14). The summed E-state index contributed by atoms with van der Waals surface area (Å²) in [7, 11) is 0. The SMILES string of the molecule is N#Cc1c[nH]c(=O)c(CO)c1C(F)F. The number of pyridine rings is 1. The molecule has 0 fully saturated rings. The fourth-order valence-corrected chi connectivity index (χ4v) is 1.09. The molecule has 4 nitrogen and oxygen atoms in total. The van der Waals surface area contributed by atoms with Crippen molar-refractivity contribution in [1.82, 2.24) is 4.98 Å². The van der Waals surface area contributed by atoms with Crippen LogP contribution in [0.4, 0.5) is 8.78 Å². The van der Waals surface area contributed by atoms with Crippen LogP contribution in [0.2, 0.25) is 0 Å². The van der Waals surface area contributed by atoms with Gasteiger partial charge in [-0.05, 0) is 0 Å². The molecule has 1 rings (SSSR count). The van der Waals surface area contributed by atoms with Crippen molar-refractivity contribution >= 4 is 0 Å². The topological polar surface area (TPSA) is 76.9 Å². The maximum atomic E-state index is 12.4. The van der Waals surface area contributed by atoms with Crippen molar-refractivity contribution in [3.05, 3.63) is 33.2 Å². The van der Waals surface area contributed by atoms with Gasteiger partial charge in [-0.3, -0.25) is 4.79 Å². The van der Waals surface area contributed by atoms with Gasteiger partial charge in [0.1, 0.15) is 6.07 Å². The Morgan fingerprint density at radius 1 is 1.64 bits per heavy atom. The summed E-state index contributed by atoms with van der Waals surface area (Å²) in [6, 6.07) is 1.52. The summed E-state index contributed by atoms with van der Waals surface area (Å²) in [5.41, 5.74) is -2.29. The molecule has 0 aliphatic heterocycles. The van der Waals surface area contributed by atoms with Crippen LogP contribution < -0.4 is 5.56 Å². The molecule has 0 saturated heterocycles. The lowest BCUT2D eigenvalue weighted by molar-refractivity contribution is 0.146. The molecule has 0 bridgehead atoms. The van der Waals surface area contributed by atoms with Crippen molar-refractivity contribution in [3.8, 4) is 6.07 Å². The van der Waals surface area contributed by atoms with Gasteiger partial charge < -0.3 is 10.1 Å². The Morgan fingerprint density at radius 2 is 2.29 bits per heavy atom. The van der Waals surface area contributed by atoms with Crippen LogP contribution in [0.5, 0.6) is 0 Å². The molecular weight excluding hydrogens is 194 g/mol. The van der Waals surface area contributed by atoms with Crippen LogP contribution in [-0.4, -0.2) is 10.1 Å². The Balaban J connectivity index is 3.54. The largest absolute Gasteiger partial charge is 0.391 e. The third-order valence-corrected chi connectivity index (χ3v) is 1.73. The number of nitriles is 1. The molecular formula is C8H6F2N2O2. The fraction of sp³-hybridized carbons (Fsp3) is 0.250. The average molecular weight is 200 g/mol. The summed E-state index contributed by atoms with van der Waals surface area (Å²) in [6.45, 7) is -0.815. The lowest BCUT2D eigenvalue weighted by Gasteiger charge is -2.06. The number of halogens is 2. The van der Waals surface area contributed by atoms with E-state index in [0.29, 0.717) is 0 Å². The van der Waals surface area contributed by atoms with Crippen molar-refractivity contribution in [1.29, 1.82) is 5.26 Å². The van der Waals surface area contributed by atoms with Crippen LogP contribution in [0.3, 0.4) is 0 Å². The molecule has 14 heavy (non-hydrogen) atoms.